The first-order chi connectivity index (χ1) is 10.9. The van der Waals surface area contributed by atoms with Crippen molar-refractivity contribution in [2.45, 2.75) is 12.8 Å². The summed E-state index contributed by atoms with van der Waals surface area (Å²) in [5.74, 6) is -3.65. The number of carboxylic acid groups (broad SMARTS) is 2. The zero-order valence-corrected chi connectivity index (χ0v) is 12.0. The van der Waals surface area contributed by atoms with Crippen LogP contribution in [0, 0.1) is 11.8 Å². The molecule has 1 aliphatic carbocycles. The van der Waals surface area contributed by atoms with E-state index in [4.69, 9.17) is 10.2 Å². The summed E-state index contributed by atoms with van der Waals surface area (Å²) in [6, 6.07) is 5.48. The molecule has 0 amide bonds. The van der Waals surface area contributed by atoms with Gasteiger partial charge in [-0.3, -0.25) is 9.59 Å². The van der Waals surface area contributed by atoms with E-state index >= 15 is 0 Å². The number of carbonyl (C=O) groups is 4. The van der Waals surface area contributed by atoms with Crippen molar-refractivity contribution in [3.63, 3.8) is 0 Å². The van der Waals surface area contributed by atoms with Crippen LogP contribution in [0.4, 0.5) is 0 Å². The molecule has 7 nitrogen and oxygen atoms in total. The predicted molar refractivity (Wildman–Crippen MR) is 76.8 cm³/mol. The van der Waals surface area contributed by atoms with E-state index in [2.05, 4.69) is 4.74 Å². The van der Waals surface area contributed by atoms with E-state index in [0.717, 1.165) is 12.8 Å². The fourth-order valence-electron chi connectivity index (χ4n) is 2.44. The van der Waals surface area contributed by atoms with Crippen LogP contribution in [-0.4, -0.2) is 34.1 Å². The Morgan fingerprint density at radius 1 is 1.00 bits per heavy atom. The quantitative estimate of drug-likeness (QED) is 0.484. The number of allylic oxidation sites excluding steroid dienone is 1. The van der Waals surface area contributed by atoms with Crippen LogP contribution in [0.15, 0.2) is 36.4 Å². The van der Waals surface area contributed by atoms with Gasteiger partial charge in [-0.25, -0.2) is 9.59 Å². The summed E-state index contributed by atoms with van der Waals surface area (Å²) in [5, 5.41) is 17.1. The lowest BCUT2D eigenvalue weighted by Gasteiger charge is -2.12. The molecule has 1 aromatic carbocycles. The smallest absolute Gasteiger partial charge is 0.336 e. The van der Waals surface area contributed by atoms with E-state index in [-0.39, 0.29) is 34.9 Å². The molecule has 2 atom stereocenters. The van der Waals surface area contributed by atoms with E-state index in [1.807, 2.05) is 6.08 Å². The molecule has 0 saturated carbocycles. The Kier molecular flexibility index (Phi) is 4.90. The minimum absolute atomic E-state index is 0.188. The first-order valence-electron chi connectivity index (χ1n) is 6.89. The molecule has 1 aliphatic heterocycles. The monoisotopic (exact) mass is 318 g/mol. The van der Waals surface area contributed by atoms with E-state index in [9.17, 15) is 19.2 Å². The van der Waals surface area contributed by atoms with Gasteiger partial charge in [-0.15, -0.1) is 0 Å². The maximum absolute atomic E-state index is 10.9. The molecule has 1 saturated heterocycles. The minimum Gasteiger partial charge on any atom is -0.478 e. The Bertz CT molecular complexity index is 656. The average Bonchev–Trinajstić information content (AvgIpc) is 2.83. The van der Waals surface area contributed by atoms with Gasteiger partial charge in [-0.1, -0.05) is 24.3 Å². The topological polar surface area (TPSA) is 118 Å². The maximum atomic E-state index is 10.9. The second kappa shape index (κ2) is 6.87. The highest BCUT2D eigenvalue weighted by Gasteiger charge is 2.43. The van der Waals surface area contributed by atoms with Crippen LogP contribution in [0.2, 0.25) is 0 Å². The molecule has 0 bridgehead atoms. The third kappa shape index (κ3) is 3.63. The van der Waals surface area contributed by atoms with Crippen LogP contribution in [0.25, 0.3) is 0 Å². The second-order valence-corrected chi connectivity index (χ2v) is 5.03. The molecule has 1 heterocycles. The van der Waals surface area contributed by atoms with Crippen LogP contribution in [0.1, 0.15) is 33.6 Å². The van der Waals surface area contributed by atoms with Gasteiger partial charge in [-0.05, 0) is 25.0 Å². The zero-order valence-electron chi connectivity index (χ0n) is 12.0. The van der Waals surface area contributed by atoms with Gasteiger partial charge < -0.3 is 14.9 Å². The highest BCUT2D eigenvalue weighted by atomic mass is 16.6. The Morgan fingerprint density at radius 2 is 1.57 bits per heavy atom. The second-order valence-electron chi connectivity index (χ2n) is 5.03. The number of carboxylic acids is 2. The number of hydrogen-bond acceptors (Lipinski definition) is 5. The number of aromatic carboxylic acids is 2. The molecule has 0 spiro atoms. The fourth-order valence-corrected chi connectivity index (χ4v) is 2.44. The van der Waals surface area contributed by atoms with E-state index in [1.165, 1.54) is 24.3 Å². The molecular weight excluding hydrogens is 304 g/mol. The molecule has 1 fully saturated rings. The van der Waals surface area contributed by atoms with Crippen LogP contribution in [-0.2, 0) is 14.3 Å². The van der Waals surface area contributed by atoms with Gasteiger partial charge >= 0.3 is 23.9 Å². The zero-order chi connectivity index (χ0) is 17.0. The van der Waals surface area contributed by atoms with Crippen LogP contribution < -0.4 is 0 Å². The number of hydrogen-bond donors (Lipinski definition) is 2. The molecule has 120 valence electrons. The lowest BCUT2D eigenvalue weighted by molar-refractivity contribution is -0.153. The molecule has 0 aromatic heterocycles. The molecule has 0 radical (unpaired) electrons. The molecule has 2 unspecified atom stereocenters. The van der Waals surface area contributed by atoms with Crippen molar-refractivity contribution >= 4 is 23.9 Å². The summed E-state index contributed by atoms with van der Waals surface area (Å²) < 4.78 is 4.48. The summed E-state index contributed by atoms with van der Waals surface area (Å²) in [4.78, 5) is 42.8. The first kappa shape index (κ1) is 16.4. The van der Waals surface area contributed by atoms with Crippen molar-refractivity contribution < 1.29 is 34.1 Å². The summed E-state index contributed by atoms with van der Waals surface area (Å²) in [6.45, 7) is 0. The molecule has 23 heavy (non-hydrogen) atoms. The third-order valence-electron chi connectivity index (χ3n) is 3.59. The van der Waals surface area contributed by atoms with Gasteiger partial charge in [0.2, 0.25) is 0 Å². The predicted octanol–water partition coefficient (Wildman–Crippen LogP) is 1.74. The van der Waals surface area contributed by atoms with Gasteiger partial charge in [0.05, 0.1) is 23.0 Å². The molecule has 3 rings (SSSR count). The summed E-state index contributed by atoms with van der Waals surface area (Å²) >= 11 is 0. The molecule has 2 aliphatic rings. The van der Waals surface area contributed by atoms with Crippen molar-refractivity contribution in [2.24, 2.45) is 11.8 Å². The Labute approximate surface area is 131 Å². The number of benzene rings is 1. The van der Waals surface area contributed by atoms with Crippen LogP contribution >= 0.6 is 0 Å². The van der Waals surface area contributed by atoms with Crippen LogP contribution in [0.5, 0.6) is 0 Å². The van der Waals surface area contributed by atoms with Crippen molar-refractivity contribution in [2.75, 3.05) is 0 Å². The number of rotatable bonds is 2. The fraction of sp³-hybridized carbons (Fsp3) is 0.250. The van der Waals surface area contributed by atoms with Gasteiger partial charge in [0.1, 0.15) is 0 Å². The van der Waals surface area contributed by atoms with Crippen LogP contribution in [0.3, 0.4) is 0 Å². The molecular formula is C16H14O7. The number of cyclic esters (lactones) is 2. The summed E-state index contributed by atoms with van der Waals surface area (Å²) in [7, 11) is 0. The standard InChI is InChI=1S/C8H6O4.C8H8O3/c9-7(10)5-3-1-2-4-6(5)8(11)12;9-7-5-3-1-2-4-6(5)8(10)11-7/h1-4H,(H,9,10)(H,11,12);1,3,5-6H,2,4H2. The average molecular weight is 318 g/mol. The molecule has 1 aromatic rings. The van der Waals surface area contributed by atoms with Gasteiger partial charge in [0.15, 0.2) is 0 Å². The largest absolute Gasteiger partial charge is 0.478 e. The third-order valence-corrected chi connectivity index (χ3v) is 3.59. The first-order valence-corrected chi connectivity index (χ1v) is 6.89. The normalized spacial score (nSPS) is 21.7. The number of ether oxygens (including phenoxy) is 1. The van der Waals surface area contributed by atoms with E-state index < -0.39 is 11.9 Å². The number of esters is 2. The lowest BCUT2D eigenvalue weighted by Crippen LogP contribution is -2.17. The molecule has 7 heteroatoms. The lowest BCUT2D eigenvalue weighted by atomic mass is 9.86. The summed E-state index contributed by atoms with van der Waals surface area (Å²) in [5.41, 5.74) is -0.380. The van der Waals surface area contributed by atoms with Crippen molar-refractivity contribution in [3.05, 3.63) is 47.5 Å². The van der Waals surface area contributed by atoms with Crippen molar-refractivity contribution in [3.8, 4) is 0 Å². The highest BCUT2D eigenvalue weighted by Crippen LogP contribution is 2.32. The number of carbonyl (C=O) groups excluding carboxylic acids is 2. The van der Waals surface area contributed by atoms with Gasteiger partial charge in [0.25, 0.3) is 0 Å². The Hall–Kier alpha value is -2.96. The Balaban J connectivity index is 0.000000167. The number of fused-ring (bicyclic) bond motifs is 1. The molecule has 2 N–H and O–H groups in total. The van der Waals surface area contributed by atoms with Gasteiger partial charge in [0, 0.05) is 0 Å². The summed E-state index contributed by atoms with van der Waals surface area (Å²) in [6.07, 6.45) is 5.34. The van der Waals surface area contributed by atoms with Crippen molar-refractivity contribution in [1.82, 2.24) is 0 Å². The Morgan fingerprint density at radius 3 is 2.04 bits per heavy atom. The highest BCUT2D eigenvalue weighted by molar-refractivity contribution is 6.01. The van der Waals surface area contributed by atoms with E-state index in [0.29, 0.717) is 0 Å². The van der Waals surface area contributed by atoms with Crippen molar-refractivity contribution in [1.29, 1.82) is 0 Å². The maximum Gasteiger partial charge on any atom is 0.336 e. The minimum atomic E-state index is -1.23. The SMILES string of the molecule is O=C(O)c1ccccc1C(=O)O.O=C1OC(=O)C2CCC=CC12. The van der Waals surface area contributed by atoms with E-state index in [1.54, 1.807) is 6.08 Å². The van der Waals surface area contributed by atoms with Gasteiger partial charge in [-0.2, -0.15) is 0 Å².